The quantitative estimate of drug-likeness (QED) is 0.592. The Labute approximate surface area is 118 Å². The first-order valence-corrected chi connectivity index (χ1v) is 5.90. The van der Waals surface area contributed by atoms with Crippen molar-refractivity contribution < 1.29 is 14.6 Å². The second-order valence-electron chi connectivity index (χ2n) is 4.26. The van der Waals surface area contributed by atoms with E-state index in [-0.39, 0.29) is 29.2 Å². The maximum Gasteiger partial charge on any atom is 0.364 e. The van der Waals surface area contributed by atoms with Crippen LogP contribution in [-0.2, 0) is 23.3 Å². The van der Waals surface area contributed by atoms with Gasteiger partial charge in [-0.2, -0.15) is 4.68 Å². The van der Waals surface area contributed by atoms with E-state index in [1.165, 1.54) is 36.9 Å². The molecular formula is C11H13N5O5. The molecule has 0 atom stereocenters. The predicted molar refractivity (Wildman–Crippen MR) is 70.6 cm³/mol. The zero-order chi connectivity index (χ0) is 15.6. The lowest BCUT2D eigenvalue weighted by Crippen LogP contribution is -2.40. The fourth-order valence-electron chi connectivity index (χ4n) is 1.80. The van der Waals surface area contributed by atoms with Gasteiger partial charge in [0.1, 0.15) is 6.61 Å². The number of hydrogen-bond acceptors (Lipinski definition) is 5. The topological polar surface area (TPSA) is 124 Å². The van der Waals surface area contributed by atoms with E-state index >= 15 is 0 Å². The van der Waals surface area contributed by atoms with Crippen LogP contribution in [0.4, 0.5) is 5.69 Å². The molecule has 10 nitrogen and oxygen atoms in total. The number of amides is 1. The summed E-state index contributed by atoms with van der Waals surface area (Å²) < 4.78 is 2.37. The van der Waals surface area contributed by atoms with Crippen molar-refractivity contribution in [1.29, 1.82) is 0 Å². The van der Waals surface area contributed by atoms with E-state index in [9.17, 15) is 19.7 Å². The van der Waals surface area contributed by atoms with Crippen molar-refractivity contribution >= 4 is 11.6 Å². The van der Waals surface area contributed by atoms with Gasteiger partial charge in [0.2, 0.25) is 5.91 Å². The van der Waals surface area contributed by atoms with Crippen molar-refractivity contribution in [1.82, 2.24) is 20.1 Å². The lowest BCUT2D eigenvalue weighted by atomic mass is 10.1. The van der Waals surface area contributed by atoms with Gasteiger partial charge in [0.15, 0.2) is 0 Å². The number of carbonyl (C=O) groups excluding carboxylic acids is 1. The summed E-state index contributed by atoms with van der Waals surface area (Å²) in [6, 6.07) is 4.30. The van der Waals surface area contributed by atoms with E-state index in [2.05, 4.69) is 10.7 Å². The molecule has 2 rings (SSSR count). The van der Waals surface area contributed by atoms with Crippen LogP contribution in [0.1, 0.15) is 12.5 Å². The van der Waals surface area contributed by atoms with Crippen molar-refractivity contribution in [2.75, 3.05) is 0 Å². The Balaban J connectivity index is 2.43. The predicted octanol–water partition coefficient (Wildman–Crippen LogP) is -0.0200. The van der Waals surface area contributed by atoms with Gasteiger partial charge < -0.3 is 0 Å². The molecule has 0 aliphatic heterocycles. The standard InChI is InChI=1S/C11H13N5O5/c1-7(17)12-21-6-8-9(15-11(18)14(2)13-15)4-3-5-10(8)16(19)20/h3-5,13H,6H2,1-2H3,(H,12,17). The Bertz CT molecular complexity index is 741. The number of H-pyrrole nitrogens is 1. The first kappa shape index (κ1) is 14.5. The van der Waals surface area contributed by atoms with Crippen LogP contribution in [-0.4, -0.2) is 25.4 Å². The third-order valence-electron chi connectivity index (χ3n) is 2.72. The van der Waals surface area contributed by atoms with E-state index in [1.807, 2.05) is 0 Å². The monoisotopic (exact) mass is 295 g/mol. The number of nitrogens with one attached hydrogen (secondary N) is 2. The average Bonchev–Trinajstić information content (AvgIpc) is 2.44. The number of aromatic amines is 1. The molecule has 21 heavy (non-hydrogen) atoms. The van der Waals surface area contributed by atoms with E-state index in [0.717, 1.165) is 4.68 Å². The molecule has 0 bridgehead atoms. The molecule has 0 spiro atoms. The zero-order valence-electron chi connectivity index (χ0n) is 11.3. The van der Waals surface area contributed by atoms with Crippen LogP contribution in [0.15, 0.2) is 23.0 Å². The highest BCUT2D eigenvalue weighted by Crippen LogP contribution is 2.25. The molecule has 0 radical (unpaired) electrons. The van der Waals surface area contributed by atoms with E-state index in [1.54, 1.807) is 0 Å². The molecule has 10 heteroatoms. The summed E-state index contributed by atoms with van der Waals surface area (Å²) in [5, 5.41) is 13.7. The van der Waals surface area contributed by atoms with Gasteiger partial charge in [-0.1, -0.05) is 6.07 Å². The Hall–Kier alpha value is -2.88. The summed E-state index contributed by atoms with van der Waals surface area (Å²) in [6.07, 6.45) is 0. The van der Waals surface area contributed by atoms with Gasteiger partial charge in [0.25, 0.3) is 5.69 Å². The van der Waals surface area contributed by atoms with Gasteiger partial charge in [0, 0.05) is 20.0 Å². The highest BCUT2D eigenvalue weighted by molar-refractivity contribution is 5.71. The van der Waals surface area contributed by atoms with Crippen molar-refractivity contribution in [3.8, 4) is 5.69 Å². The first-order chi connectivity index (χ1) is 9.91. The Kier molecular flexibility index (Phi) is 3.89. The minimum Gasteiger partial charge on any atom is -0.273 e. The Morgan fingerprint density at radius 3 is 2.76 bits per heavy atom. The number of hydrogen-bond donors (Lipinski definition) is 2. The van der Waals surface area contributed by atoms with Crippen molar-refractivity contribution in [2.24, 2.45) is 7.05 Å². The maximum absolute atomic E-state index is 11.7. The van der Waals surface area contributed by atoms with E-state index in [0.29, 0.717) is 0 Å². The molecule has 0 saturated heterocycles. The lowest BCUT2D eigenvalue weighted by molar-refractivity contribution is -0.386. The summed E-state index contributed by atoms with van der Waals surface area (Å²) >= 11 is 0. The number of hydroxylamine groups is 1. The molecule has 0 unspecified atom stereocenters. The van der Waals surface area contributed by atoms with Crippen molar-refractivity contribution in [2.45, 2.75) is 13.5 Å². The number of rotatable bonds is 5. The molecule has 0 aliphatic rings. The minimum absolute atomic E-state index is 0.171. The summed E-state index contributed by atoms with van der Waals surface area (Å²) in [4.78, 5) is 37.9. The number of carbonyl (C=O) groups is 1. The number of nitro benzene ring substituents is 1. The smallest absolute Gasteiger partial charge is 0.273 e. The van der Waals surface area contributed by atoms with Gasteiger partial charge in [-0.05, 0) is 6.07 Å². The summed E-state index contributed by atoms with van der Waals surface area (Å²) in [6.45, 7) is 0.997. The molecule has 0 aliphatic carbocycles. The zero-order valence-corrected chi connectivity index (χ0v) is 11.3. The molecule has 112 valence electrons. The molecule has 1 aromatic heterocycles. The number of aromatic nitrogens is 3. The summed E-state index contributed by atoms with van der Waals surface area (Å²) in [5.41, 5.74) is 1.98. The van der Waals surface area contributed by atoms with Gasteiger partial charge in [-0.15, -0.1) is 0 Å². The normalized spacial score (nSPS) is 10.6. The molecule has 2 N–H and O–H groups in total. The van der Waals surface area contributed by atoms with Crippen LogP contribution in [0.25, 0.3) is 5.69 Å². The third kappa shape index (κ3) is 2.84. The number of benzene rings is 1. The SMILES string of the molecule is CC(=O)NOCc1c(-n2[nH]n(C)c2=O)cccc1[N+](=O)[O-]. The van der Waals surface area contributed by atoms with Crippen LogP contribution in [0.2, 0.25) is 0 Å². The Morgan fingerprint density at radius 1 is 1.52 bits per heavy atom. The largest absolute Gasteiger partial charge is 0.364 e. The number of nitro groups is 1. The molecule has 1 amide bonds. The molecule has 1 aromatic carbocycles. The van der Waals surface area contributed by atoms with Crippen molar-refractivity contribution in [3.63, 3.8) is 0 Å². The van der Waals surface area contributed by atoms with Crippen LogP contribution in [0, 0.1) is 10.1 Å². The molecular weight excluding hydrogens is 282 g/mol. The van der Waals surface area contributed by atoms with Crippen LogP contribution >= 0.6 is 0 Å². The lowest BCUT2D eigenvalue weighted by Gasteiger charge is -2.16. The minimum atomic E-state index is -0.579. The van der Waals surface area contributed by atoms with Crippen LogP contribution in [0.5, 0.6) is 0 Å². The second kappa shape index (κ2) is 5.63. The second-order valence-corrected chi connectivity index (χ2v) is 4.26. The fraction of sp³-hybridized carbons (Fsp3) is 0.273. The molecule has 2 aromatic rings. The van der Waals surface area contributed by atoms with Gasteiger partial charge in [0.05, 0.1) is 16.2 Å². The Morgan fingerprint density at radius 2 is 2.24 bits per heavy atom. The molecule has 0 saturated carbocycles. The van der Waals surface area contributed by atoms with Crippen LogP contribution < -0.4 is 11.2 Å². The van der Waals surface area contributed by atoms with Crippen LogP contribution in [0.3, 0.4) is 0 Å². The summed E-state index contributed by atoms with van der Waals surface area (Å²) in [5.74, 6) is -0.437. The molecule has 1 heterocycles. The third-order valence-corrected chi connectivity index (χ3v) is 2.72. The van der Waals surface area contributed by atoms with Gasteiger partial charge >= 0.3 is 5.69 Å². The number of nitrogens with zero attached hydrogens (tertiary/aromatic N) is 3. The van der Waals surface area contributed by atoms with Gasteiger partial charge in [-0.3, -0.25) is 19.7 Å². The number of aryl methyl sites for hydroxylation is 1. The highest BCUT2D eigenvalue weighted by Gasteiger charge is 2.21. The van der Waals surface area contributed by atoms with E-state index in [4.69, 9.17) is 4.84 Å². The van der Waals surface area contributed by atoms with Crippen molar-refractivity contribution in [3.05, 3.63) is 44.4 Å². The maximum atomic E-state index is 11.7. The first-order valence-electron chi connectivity index (χ1n) is 5.90. The molecule has 0 fully saturated rings. The highest BCUT2D eigenvalue weighted by atomic mass is 16.7. The average molecular weight is 295 g/mol. The summed E-state index contributed by atoms with van der Waals surface area (Å²) in [7, 11) is 1.52. The van der Waals surface area contributed by atoms with E-state index < -0.39 is 10.8 Å². The van der Waals surface area contributed by atoms with Gasteiger partial charge in [-0.25, -0.2) is 20.2 Å². The fourth-order valence-corrected chi connectivity index (χ4v) is 1.80.